The normalized spacial score (nSPS) is 19.6. The number of carbonyl (C=O) groups excluding carboxylic acids is 2. The van der Waals surface area contributed by atoms with Crippen molar-refractivity contribution in [3.63, 3.8) is 0 Å². The predicted molar refractivity (Wildman–Crippen MR) is 146 cm³/mol. The number of nitrogens with one attached hydrogen (secondary N) is 3. The Hall–Kier alpha value is -3.64. The summed E-state index contributed by atoms with van der Waals surface area (Å²) in [6, 6.07) is 11.0. The largest absolute Gasteiger partial charge is 0.493 e. The van der Waals surface area contributed by atoms with Gasteiger partial charge in [-0.05, 0) is 67.0 Å². The Morgan fingerprint density at radius 1 is 1.08 bits per heavy atom. The zero-order valence-corrected chi connectivity index (χ0v) is 22.5. The molecule has 1 fully saturated rings. The van der Waals surface area contributed by atoms with Crippen LogP contribution in [0, 0.1) is 11.3 Å². The highest BCUT2D eigenvalue weighted by molar-refractivity contribution is 7.89. The maximum absolute atomic E-state index is 13.7. The summed E-state index contributed by atoms with van der Waals surface area (Å²) < 4.78 is 34.6. The number of hydrogen-bond donors (Lipinski definition) is 4. The number of guanidine groups is 1. The first kappa shape index (κ1) is 26.9. The lowest BCUT2D eigenvalue weighted by molar-refractivity contribution is -0.124. The molecule has 0 saturated carbocycles. The zero-order valence-electron chi connectivity index (χ0n) is 21.7. The Balaban J connectivity index is 1.27. The van der Waals surface area contributed by atoms with Crippen LogP contribution in [0.1, 0.15) is 30.4 Å². The van der Waals surface area contributed by atoms with Gasteiger partial charge in [-0.3, -0.25) is 15.0 Å². The van der Waals surface area contributed by atoms with E-state index in [9.17, 15) is 18.0 Å². The maximum Gasteiger partial charge on any atom is 0.245 e. The SMILES string of the molecule is N=C(N)N1CCC(CNC(=O)CN2C(=O)[C@@H](NS(=O)(=O)c3ccc4c(c3)CCO4)CCc3ccccc32)CC1. The summed E-state index contributed by atoms with van der Waals surface area (Å²) in [6.07, 6.45) is 3.01. The summed E-state index contributed by atoms with van der Waals surface area (Å²) in [5, 5.41) is 10.5. The van der Waals surface area contributed by atoms with E-state index in [1.807, 2.05) is 17.0 Å². The number of para-hydroxylation sites is 1. The Labute approximate surface area is 228 Å². The Bertz CT molecular complexity index is 1370. The number of nitrogens with two attached hydrogens (primary N) is 1. The number of amides is 2. The Morgan fingerprint density at radius 3 is 2.62 bits per heavy atom. The van der Waals surface area contributed by atoms with Crippen molar-refractivity contribution >= 4 is 33.5 Å². The second kappa shape index (κ2) is 11.2. The highest BCUT2D eigenvalue weighted by Crippen LogP contribution is 2.30. The molecule has 0 radical (unpaired) electrons. The molecule has 1 atom stereocenters. The highest BCUT2D eigenvalue weighted by Gasteiger charge is 2.35. The van der Waals surface area contributed by atoms with Crippen LogP contribution in [0.4, 0.5) is 5.69 Å². The lowest BCUT2D eigenvalue weighted by atomic mass is 9.97. The van der Waals surface area contributed by atoms with Crippen molar-refractivity contribution in [3.05, 3.63) is 53.6 Å². The summed E-state index contributed by atoms with van der Waals surface area (Å²) in [4.78, 5) is 30.0. The molecular weight excluding hydrogens is 520 g/mol. The van der Waals surface area contributed by atoms with E-state index in [4.69, 9.17) is 15.9 Å². The average Bonchev–Trinajstić information content (AvgIpc) is 3.37. The van der Waals surface area contributed by atoms with E-state index < -0.39 is 22.0 Å². The first-order chi connectivity index (χ1) is 18.7. The molecule has 1 saturated heterocycles. The van der Waals surface area contributed by atoms with Gasteiger partial charge >= 0.3 is 0 Å². The summed E-state index contributed by atoms with van der Waals surface area (Å²) in [5.41, 5.74) is 7.88. The Morgan fingerprint density at radius 2 is 1.85 bits per heavy atom. The second-order valence-electron chi connectivity index (χ2n) is 10.3. The topological polar surface area (TPSA) is 158 Å². The molecule has 2 amide bonds. The summed E-state index contributed by atoms with van der Waals surface area (Å²) in [7, 11) is -3.99. The minimum atomic E-state index is -3.99. The summed E-state index contributed by atoms with van der Waals surface area (Å²) in [6.45, 7) is 2.11. The van der Waals surface area contributed by atoms with E-state index >= 15 is 0 Å². The number of fused-ring (bicyclic) bond motifs is 2. The van der Waals surface area contributed by atoms with Crippen molar-refractivity contribution in [2.75, 3.05) is 37.7 Å². The molecule has 2 aromatic rings. The van der Waals surface area contributed by atoms with Gasteiger partial charge in [-0.25, -0.2) is 8.42 Å². The van der Waals surface area contributed by atoms with Crippen molar-refractivity contribution in [2.24, 2.45) is 11.7 Å². The van der Waals surface area contributed by atoms with Crippen LogP contribution in [-0.2, 0) is 32.5 Å². The molecule has 0 bridgehead atoms. The molecule has 0 unspecified atom stereocenters. The molecule has 12 heteroatoms. The fraction of sp³-hybridized carbons (Fsp3) is 0.444. The highest BCUT2D eigenvalue weighted by atomic mass is 32.2. The molecule has 39 heavy (non-hydrogen) atoms. The molecule has 0 spiro atoms. The molecule has 3 aliphatic rings. The number of piperidine rings is 1. The van der Waals surface area contributed by atoms with Crippen molar-refractivity contribution in [1.29, 1.82) is 5.41 Å². The third kappa shape index (κ3) is 6.01. The van der Waals surface area contributed by atoms with Crippen molar-refractivity contribution in [2.45, 2.75) is 43.0 Å². The van der Waals surface area contributed by atoms with E-state index in [1.165, 1.54) is 11.0 Å². The molecular formula is C27H34N6O5S. The maximum atomic E-state index is 13.7. The number of aryl methyl sites for hydroxylation is 1. The molecule has 208 valence electrons. The number of hydrogen-bond acceptors (Lipinski definition) is 6. The number of nitrogens with zero attached hydrogens (tertiary/aromatic N) is 2. The summed E-state index contributed by atoms with van der Waals surface area (Å²) >= 11 is 0. The number of anilines is 1. The van der Waals surface area contributed by atoms with E-state index in [1.54, 1.807) is 24.3 Å². The van der Waals surface area contributed by atoms with Crippen LogP contribution in [0.5, 0.6) is 5.75 Å². The van der Waals surface area contributed by atoms with Crippen molar-refractivity contribution in [3.8, 4) is 5.75 Å². The van der Waals surface area contributed by atoms with Crippen molar-refractivity contribution in [1.82, 2.24) is 14.9 Å². The van der Waals surface area contributed by atoms with Gasteiger partial charge in [-0.1, -0.05) is 18.2 Å². The first-order valence-corrected chi connectivity index (χ1v) is 14.7. The number of benzene rings is 2. The number of likely N-dealkylation sites (tertiary alicyclic amines) is 1. The van der Waals surface area contributed by atoms with Gasteiger partial charge in [0.15, 0.2) is 5.96 Å². The van der Waals surface area contributed by atoms with Gasteiger partial charge in [-0.15, -0.1) is 0 Å². The van der Waals surface area contributed by atoms with Crippen LogP contribution < -0.4 is 25.4 Å². The van der Waals surface area contributed by atoms with Gasteiger partial charge in [-0.2, -0.15) is 4.72 Å². The molecule has 11 nitrogen and oxygen atoms in total. The van der Waals surface area contributed by atoms with Gasteiger partial charge in [0.1, 0.15) is 18.3 Å². The zero-order chi connectivity index (χ0) is 27.6. The van der Waals surface area contributed by atoms with Crippen LogP contribution >= 0.6 is 0 Å². The molecule has 3 aliphatic heterocycles. The number of rotatable bonds is 7. The lowest BCUT2D eigenvalue weighted by Gasteiger charge is -2.32. The van der Waals surface area contributed by atoms with Crippen LogP contribution in [0.2, 0.25) is 0 Å². The Kier molecular flexibility index (Phi) is 7.76. The van der Waals surface area contributed by atoms with E-state index in [-0.39, 0.29) is 35.6 Å². The fourth-order valence-electron chi connectivity index (χ4n) is 5.41. The average molecular weight is 555 g/mol. The van der Waals surface area contributed by atoms with E-state index in [0.717, 1.165) is 24.0 Å². The summed E-state index contributed by atoms with van der Waals surface area (Å²) in [5.74, 6) is 0.226. The van der Waals surface area contributed by atoms with Crippen LogP contribution in [0.25, 0.3) is 0 Å². The molecule has 5 rings (SSSR count). The molecule has 2 aromatic carbocycles. The minimum absolute atomic E-state index is 0.0613. The monoisotopic (exact) mass is 554 g/mol. The molecule has 3 heterocycles. The minimum Gasteiger partial charge on any atom is -0.493 e. The molecule has 5 N–H and O–H groups in total. The fourth-order valence-corrected chi connectivity index (χ4v) is 6.68. The van der Waals surface area contributed by atoms with Gasteiger partial charge in [0.2, 0.25) is 21.8 Å². The van der Waals surface area contributed by atoms with Gasteiger partial charge in [0.25, 0.3) is 0 Å². The standard InChI is InChI=1S/C27H34N6O5S/c28-27(29)32-12-9-18(10-13-32)16-30-25(34)17-33-23-4-2-1-3-19(23)5-7-22(26(33)35)31-39(36,37)21-6-8-24-20(15-21)11-14-38-24/h1-4,6,8,15,18,22,31H,5,7,9-14,16-17H2,(H3,28,29)(H,30,34)/t22-/m0/s1. The van der Waals surface area contributed by atoms with E-state index in [2.05, 4.69) is 10.0 Å². The lowest BCUT2D eigenvalue weighted by Crippen LogP contribution is -2.51. The third-order valence-corrected chi connectivity index (χ3v) is 9.13. The predicted octanol–water partition coefficient (Wildman–Crippen LogP) is 0.969. The quantitative estimate of drug-likeness (QED) is 0.293. The molecule has 0 aromatic heterocycles. The number of carbonyl (C=O) groups is 2. The van der Waals surface area contributed by atoms with Gasteiger partial charge in [0, 0.05) is 31.7 Å². The number of sulfonamides is 1. The first-order valence-electron chi connectivity index (χ1n) is 13.2. The van der Waals surface area contributed by atoms with Crippen LogP contribution in [-0.4, -0.2) is 69.9 Å². The third-order valence-electron chi connectivity index (χ3n) is 7.66. The van der Waals surface area contributed by atoms with E-state index in [0.29, 0.717) is 50.5 Å². The van der Waals surface area contributed by atoms with Crippen LogP contribution in [0.15, 0.2) is 47.4 Å². The van der Waals surface area contributed by atoms with Crippen LogP contribution in [0.3, 0.4) is 0 Å². The van der Waals surface area contributed by atoms with Gasteiger partial charge in [0.05, 0.1) is 11.5 Å². The second-order valence-corrected chi connectivity index (χ2v) is 12.0. The number of ether oxygens (including phenoxy) is 1. The van der Waals surface area contributed by atoms with Gasteiger partial charge < -0.3 is 25.6 Å². The molecule has 0 aliphatic carbocycles. The van der Waals surface area contributed by atoms with Crippen molar-refractivity contribution < 1.29 is 22.7 Å². The smallest absolute Gasteiger partial charge is 0.245 e.